The maximum atomic E-state index is 9.86. The van der Waals surface area contributed by atoms with E-state index < -0.39 is 0 Å². The summed E-state index contributed by atoms with van der Waals surface area (Å²) >= 11 is 0. The van der Waals surface area contributed by atoms with Gasteiger partial charge in [0.25, 0.3) is 0 Å². The van der Waals surface area contributed by atoms with Crippen molar-refractivity contribution in [1.82, 2.24) is 5.32 Å². The molecule has 3 aliphatic carbocycles. The molecule has 3 fully saturated rings. The van der Waals surface area contributed by atoms with Crippen molar-refractivity contribution < 1.29 is 5.11 Å². The fourth-order valence-electron chi connectivity index (χ4n) is 3.99. The van der Waals surface area contributed by atoms with Gasteiger partial charge in [-0.1, -0.05) is 12.8 Å². The fourth-order valence-corrected chi connectivity index (χ4v) is 3.99. The normalized spacial score (nSPS) is 30.9. The first-order valence-electron chi connectivity index (χ1n) is 7.69. The quantitative estimate of drug-likeness (QED) is 0.788. The van der Waals surface area contributed by atoms with Gasteiger partial charge in [-0.15, -0.1) is 0 Å². The molecule has 0 amide bonds. The van der Waals surface area contributed by atoms with Gasteiger partial charge in [-0.05, 0) is 62.7 Å². The van der Waals surface area contributed by atoms with E-state index >= 15 is 0 Å². The molecule has 1 unspecified atom stereocenters. The van der Waals surface area contributed by atoms with Crippen molar-refractivity contribution >= 4 is 0 Å². The summed E-state index contributed by atoms with van der Waals surface area (Å²) in [6, 6.07) is 0.689. The highest BCUT2D eigenvalue weighted by Crippen LogP contribution is 2.48. The molecule has 0 aliphatic heterocycles. The van der Waals surface area contributed by atoms with E-state index in [0.717, 1.165) is 12.0 Å². The summed E-state index contributed by atoms with van der Waals surface area (Å²) in [5.74, 6) is 0.618. The zero-order valence-electron chi connectivity index (χ0n) is 11.0. The van der Waals surface area contributed by atoms with Crippen LogP contribution in [0.1, 0.15) is 64.2 Å². The van der Waals surface area contributed by atoms with Crippen molar-refractivity contribution in [1.29, 1.82) is 0 Å². The van der Waals surface area contributed by atoms with Gasteiger partial charge >= 0.3 is 0 Å². The number of nitrogens with one attached hydrogen (secondary N) is 1. The second-order valence-electron chi connectivity index (χ2n) is 6.79. The minimum atomic E-state index is -0.0719. The third-order valence-corrected chi connectivity index (χ3v) is 5.49. The third kappa shape index (κ3) is 2.85. The summed E-state index contributed by atoms with van der Waals surface area (Å²) in [6.07, 6.45) is 13.9. The predicted octanol–water partition coefficient (Wildman–Crippen LogP) is 2.85. The van der Waals surface area contributed by atoms with Gasteiger partial charge in [-0.2, -0.15) is 0 Å². The molecule has 0 heterocycles. The summed E-state index contributed by atoms with van der Waals surface area (Å²) in [7, 11) is 0. The maximum absolute atomic E-state index is 9.86. The van der Waals surface area contributed by atoms with E-state index in [2.05, 4.69) is 5.32 Å². The molecule has 17 heavy (non-hydrogen) atoms. The van der Waals surface area contributed by atoms with Crippen LogP contribution in [0.25, 0.3) is 0 Å². The molecule has 0 saturated heterocycles. The fraction of sp³-hybridized carbons (Fsp3) is 1.00. The Morgan fingerprint density at radius 3 is 2.24 bits per heavy atom. The molecule has 1 atom stereocenters. The molecule has 0 aromatic rings. The Hall–Kier alpha value is -0.0800. The number of rotatable bonds is 4. The molecule has 98 valence electrons. The lowest BCUT2D eigenvalue weighted by Gasteiger charge is -2.37. The van der Waals surface area contributed by atoms with Crippen LogP contribution in [0.15, 0.2) is 0 Å². The Balaban J connectivity index is 1.39. The highest BCUT2D eigenvalue weighted by Gasteiger charge is 2.37. The Morgan fingerprint density at radius 1 is 1.00 bits per heavy atom. The molecule has 3 aliphatic rings. The predicted molar refractivity (Wildman–Crippen MR) is 69.9 cm³/mol. The van der Waals surface area contributed by atoms with Crippen LogP contribution < -0.4 is 5.32 Å². The van der Waals surface area contributed by atoms with E-state index in [1.807, 2.05) is 0 Å². The molecule has 0 radical (unpaired) electrons. The molecule has 2 N–H and O–H groups in total. The molecule has 0 bridgehead atoms. The van der Waals surface area contributed by atoms with E-state index in [-0.39, 0.29) is 6.10 Å². The van der Waals surface area contributed by atoms with Crippen LogP contribution >= 0.6 is 0 Å². The molecular weight excluding hydrogens is 210 g/mol. The molecule has 1 spiro atoms. The minimum absolute atomic E-state index is 0.0719. The van der Waals surface area contributed by atoms with Crippen LogP contribution in [0.3, 0.4) is 0 Å². The highest BCUT2D eigenvalue weighted by atomic mass is 16.3. The highest BCUT2D eigenvalue weighted by molar-refractivity contribution is 4.92. The van der Waals surface area contributed by atoms with Crippen LogP contribution in [0.5, 0.6) is 0 Å². The maximum Gasteiger partial charge on any atom is 0.0692 e. The molecular formula is C15H27NO. The van der Waals surface area contributed by atoms with Crippen molar-refractivity contribution in [2.45, 2.75) is 76.4 Å². The number of hydrogen-bond acceptors (Lipinski definition) is 2. The van der Waals surface area contributed by atoms with Crippen LogP contribution in [0.2, 0.25) is 0 Å². The zero-order chi connectivity index (χ0) is 11.7. The zero-order valence-corrected chi connectivity index (χ0v) is 11.0. The summed E-state index contributed by atoms with van der Waals surface area (Å²) in [5, 5.41) is 13.5. The minimum Gasteiger partial charge on any atom is -0.392 e. The van der Waals surface area contributed by atoms with E-state index in [0.29, 0.717) is 12.0 Å². The monoisotopic (exact) mass is 237 g/mol. The van der Waals surface area contributed by atoms with Crippen LogP contribution in [-0.4, -0.2) is 23.8 Å². The molecule has 3 rings (SSSR count). The molecule has 0 aromatic heterocycles. The standard InChI is InChI=1S/C15H27NO/c17-14(12-3-4-12)11-16-13-5-9-15(10-6-13)7-1-2-8-15/h12-14,16-17H,1-11H2. The number of aliphatic hydroxyl groups excluding tert-OH is 1. The van der Waals surface area contributed by atoms with E-state index in [1.165, 1.54) is 64.2 Å². The second kappa shape index (κ2) is 4.89. The second-order valence-corrected chi connectivity index (χ2v) is 6.79. The van der Waals surface area contributed by atoms with Crippen molar-refractivity contribution in [3.63, 3.8) is 0 Å². The van der Waals surface area contributed by atoms with Gasteiger partial charge in [0.1, 0.15) is 0 Å². The Labute approximate surface area is 105 Å². The van der Waals surface area contributed by atoms with E-state index in [4.69, 9.17) is 0 Å². The van der Waals surface area contributed by atoms with Crippen molar-refractivity contribution in [3.05, 3.63) is 0 Å². The van der Waals surface area contributed by atoms with Crippen LogP contribution in [0, 0.1) is 11.3 Å². The van der Waals surface area contributed by atoms with Gasteiger partial charge in [0.2, 0.25) is 0 Å². The third-order valence-electron chi connectivity index (χ3n) is 5.49. The van der Waals surface area contributed by atoms with Gasteiger partial charge in [-0.3, -0.25) is 0 Å². The summed E-state index contributed by atoms with van der Waals surface area (Å²) in [5.41, 5.74) is 0.743. The van der Waals surface area contributed by atoms with Crippen molar-refractivity contribution in [2.75, 3.05) is 6.54 Å². The van der Waals surface area contributed by atoms with E-state index in [1.54, 1.807) is 0 Å². The Morgan fingerprint density at radius 2 is 1.65 bits per heavy atom. The molecule has 0 aromatic carbocycles. The van der Waals surface area contributed by atoms with Crippen LogP contribution in [0.4, 0.5) is 0 Å². The number of hydrogen-bond donors (Lipinski definition) is 2. The summed E-state index contributed by atoms with van der Waals surface area (Å²) in [4.78, 5) is 0. The van der Waals surface area contributed by atoms with Gasteiger partial charge in [0.05, 0.1) is 6.10 Å². The first-order chi connectivity index (χ1) is 8.27. The lowest BCUT2D eigenvalue weighted by molar-refractivity contribution is 0.126. The first-order valence-corrected chi connectivity index (χ1v) is 7.69. The first kappa shape index (κ1) is 12.0. The van der Waals surface area contributed by atoms with Gasteiger partial charge in [0, 0.05) is 12.6 Å². The van der Waals surface area contributed by atoms with Gasteiger partial charge in [-0.25, -0.2) is 0 Å². The van der Waals surface area contributed by atoms with Crippen molar-refractivity contribution in [2.24, 2.45) is 11.3 Å². The Kier molecular flexibility index (Phi) is 3.45. The molecule has 2 heteroatoms. The average Bonchev–Trinajstić information content (AvgIpc) is 3.11. The smallest absolute Gasteiger partial charge is 0.0692 e. The Bertz CT molecular complexity index is 243. The molecule has 3 saturated carbocycles. The SMILES string of the molecule is OC(CNC1CCC2(CCCC2)CC1)C1CC1. The number of aliphatic hydroxyl groups is 1. The lowest BCUT2D eigenvalue weighted by Crippen LogP contribution is -2.40. The van der Waals surface area contributed by atoms with Gasteiger partial charge < -0.3 is 10.4 Å². The largest absolute Gasteiger partial charge is 0.392 e. The topological polar surface area (TPSA) is 32.3 Å². The van der Waals surface area contributed by atoms with Crippen LogP contribution in [-0.2, 0) is 0 Å². The van der Waals surface area contributed by atoms with Crippen molar-refractivity contribution in [3.8, 4) is 0 Å². The summed E-state index contributed by atoms with van der Waals surface area (Å²) < 4.78 is 0. The molecule has 2 nitrogen and oxygen atoms in total. The lowest BCUT2D eigenvalue weighted by atomic mass is 9.71. The summed E-state index contributed by atoms with van der Waals surface area (Å²) in [6.45, 7) is 0.836. The van der Waals surface area contributed by atoms with Gasteiger partial charge in [0.15, 0.2) is 0 Å². The average molecular weight is 237 g/mol. The van der Waals surface area contributed by atoms with E-state index in [9.17, 15) is 5.11 Å².